The van der Waals surface area contributed by atoms with Crippen LogP contribution in [0.15, 0.2) is 0 Å². The Balaban J connectivity index is 2.51. The average molecular weight is 168 g/mol. The second-order valence-corrected chi connectivity index (χ2v) is 2.76. The van der Waals surface area contributed by atoms with Gasteiger partial charge in [0.2, 0.25) is 5.91 Å². The molecule has 0 aromatic carbocycles. The van der Waals surface area contributed by atoms with Gasteiger partial charge >= 0.3 is 0 Å². The lowest BCUT2D eigenvalue weighted by molar-refractivity contribution is -0.120. The van der Waals surface area contributed by atoms with Gasteiger partial charge in [0.15, 0.2) is 0 Å². The minimum Gasteiger partial charge on any atom is -0.368 e. The number of hydrogen-bond acceptors (Lipinski definition) is 4. The smallest absolute Gasteiger partial charge is 0.237 e. The summed E-state index contributed by atoms with van der Waals surface area (Å²) in [6, 6.07) is -0.755. The molecule has 1 fully saturated rings. The van der Waals surface area contributed by atoms with Crippen LogP contribution in [0.5, 0.6) is 0 Å². The van der Waals surface area contributed by atoms with Gasteiger partial charge in [0.1, 0.15) is 6.04 Å². The van der Waals surface area contributed by atoms with Crippen LogP contribution in [0.3, 0.4) is 0 Å². The highest BCUT2D eigenvalue weighted by atomic mass is 16.1. The molecule has 0 saturated carbocycles. The first kappa shape index (κ1) is 9.00. The fraction of sp³-hybridized carbons (Fsp3) is 0.571. The molecule has 0 aromatic heterocycles. The number of terminal acetylenes is 1. The first-order chi connectivity index (χ1) is 5.65. The van der Waals surface area contributed by atoms with Crippen LogP contribution in [0.25, 0.3) is 0 Å². The Kier molecular flexibility index (Phi) is 2.65. The third kappa shape index (κ3) is 1.74. The van der Waals surface area contributed by atoms with Gasteiger partial charge in [0.25, 0.3) is 0 Å². The summed E-state index contributed by atoms with van der Waals surface area (Å²) >= 11 is 0. The van der Waals surface area contributed by atoms with Gasteiger partial charge in [-0.05, 0) is 0 Å². The Hall–Kier alpha value is -1.09. The normalized spacial score (nSPS) is 30.0. The fourth-order valence-corrected chi connectivity index (χ4v) is 1.20. The van der Waals surface area contributed by atoms with E-state index in [2.05, 4.69) is 11.3 Å². The number of hydrogen-bond donors (Lipinski definition) is 3. The first-order valence-electron chi connectivity index (χ1n) is 3.64. The van der Waals surface area contributed by atoms with Gasteiger partial charge in [0.05, 0.1) is 6.54 Å². The monoisotopic (exact) mass is 168 g/mol. The Labute approximate surface area is 71.0 Å². The largest absolute Gasteiger partial charge is 0.368 e. The number of primary amides is 1. The van der Waals surface area contributed by atoms with Crippen molar-refractivity contribution in [3.8, 4) is 12.3 Å². The Morgan fingerprint density at radius 2 is 2.50 bits per heavy atom. The second kappa shape index (κ2) is 3.54. The van der Waals surface area contributed by atoms with E-state index in [0.29, 0.717) is 13.1 Å². The molecule has 1 rings (SSSR count). The van der Waals surface area contributed by atoms with Crippen LogP contribution in [-0.4, -0.2) is 36.1 Å². The van der Waals surface area contributed by atoms with Gasteiger partial charge in [-0.3, -0.25) is 4.79 Å². The quantitative estimate of drug-likeness (QED) is 0.402. The molecule has 1 amide bonds. The summed E-state index contributed by atoms with van der Waals surface area (Å²) in [6.07, 6.45) is 5.09. The Bertz CT molecular complexity index is 222. The van der Waals surface area contributed by atoms with E-state index < -0.39 is 11.9 Å². The van der Waals surface area contributed by atoms with Crippen LogP contribution >= 0.6 is 0 Å². The molecule has 5 heteroatoms. The Morgan fingerprint density at radius 3 is 2.92 bits per heavy atom. The Morgan fingerprint density at radius 1 is 1.83 bits per heavy atom. The predicted octanol–water partition coefficient (Wildman–Crippen LogP) is -2.38. The molecule has 1 saturated heterocycles. The summed E-state index contributed by atoms with van der Waals surface area (Å²) in [5.41, 5.74) is 13.5. The number of amides is 1. The van der Waals surface area contributed by atoms with E-state index >= 15 is 0 Å². The van der Waals surface area contributed by atoms with E-state index in [1.807, 2.05) is 0 Å². The van der Waals surface area contributed by atoms with E-state index in [1.54, 1.807) is 5.01 Å². The van der Waals surface area contributed by atoms with Crippen LogP contribution in [-0.2, 0) is 4.79 Å². The number of carbonyl (C=O) groups is 1. The van der Waals surface area contributed by atoms with Crippen LogP contribution in [0.2, 0.25) is 0 Å². The van der Waals surface area contributed by atoms with Crippen molar-refractivity contribution in [3.63, 3.8) is 0 Å². The van der Waals surface area contributed by atoms with Gasteiger partial charge < -0.3 is 11.5 Å². The molecule has 0 aliphatic carbocycles. The van der Waals surface area contributed by atoms with E-state index in [0.717, 1.165) is 0 Å². The summed E-state index contributed by atoms with van der Waals surface area (Å²) in [4.78, 5) is 10.8. The van der Waals surface area contributed by atoms with Crippen molar-refractivity contribution in [3.05, 3.63) is 0 Å². The zero-order valence-corrected chi connectivity index (χ0v) is 6.66. The van der Waals surface area contributed by atoms with E-state index in [9.17, 15) is 4.79 Å². The number of hydrazine groups is 1. The number of nitrogens with two attached hydrogens (primary N) is 2. The molecule has 66 valence electrons. The predicted molar refractivity (Wildman–Crippen MR) is 44.5 cm³/mol. The van der Waals surface area contributed by atoms with Crippen molar-refractivity contribution < 1.29 is 4.79 Å². The lowest BCUT2D eigenvalue weighted by atomic mass is 10.1. The summed E-state index contributed by atoms with van der Waals surface area (Å²) in [6.45, 7) is 0.981. The summed E-state index contributed by atoms with van der Waals surface area (Å²) in [5.74, 6) is 2.00. The zero-order chi connectivity index (χ0) is 9.14. The minimum absolute atomic E-state index is 0.268. The lowest BCUT2D eigenvalue weighted by Gasteiger charge is -2.12. The molecule has 1 aliphatic heterocycles. The van der Waals surface area contributed by atoms with Crippen molar-refractivity contribution in [1.82, 2.24) is 10.4 Å². The molecule has 0 spiro atoms. The average Bonchev–Trinajstić information content (AvgIpc) is 2.32. The van der Waals surface area contributed by atoms with E-state index in [1.165, 1.54) is 0 Å². The maximum Gasteiger partial charge on any atom is 0.237 e. The van der Waals surface area contributed by atoms with Crippen LogP contribution < -0.4 is 16.9 Å². The first-order valence-corrected chi connectivity index (χ1v) is 3.64. The molecule has 2 atom stereocenters. The van der Waals surface area contributed by atoms with Crippen LogP contribution in [0.4, 0.5) is 0 Å². The van der Waals surface area contributed by atoms with Gasteiger partial charge in [-0.25, -0.2) is 10.4 Å². The number of carbonyl (C=O) groups excluding carboxylic acids is 1. The minimum atomic E-state index is -0.488. The maximum absolute atomic E-state index is 10.8. The highest BCUT2D eigenvalue weighted by Gasteiger charge is 2.32. The van der Waals surface area contributed by atoms with Gasteiger partial charge in [-0.1, -0.05) is 5.92 Å². The number of rotatable bonds is 2. The van der Waals surface area contributed by atoms with Gasteiger partial charge in [0, 0.05) is 12.6 Å². The highest BCUT2D eigenvalue weighted by Crippen LogP contribution is 2.02. The van der Waals surface area contributed by atoms with Crippen molar-refractivity contribution in [2.75, 3.05) is 13.1 Å². The van der Waals surface area contributed by atoms with Gasteiger partial charge in [-0.2, -0.15) is 0 Å². The number of nitrogens with zero attached hydrogens (tertiary/aromatic N) is 1. The van der Waals surface area contributed by atoms with Crippen molar-refractivity contribution >= 4 is 5.91 Å². The van der Waals surface area contributed by atoms with Crippen LogP contribution in [0, 0.1) is 12.3 Å². The standard InChI is InChI=1S/C7H12N4O/c1-2-3-11-4-5(8)6(10-11)7(9)12/h1,5-6,10H,3-4,8H2,(H2,9,12). The molecule has 0 bridgehead atoms. The van der Waals surface area contributed by atoms with Crippen molar-refractivity contribution in [2.45, 2.75) is 12.1 Å². The summed E-state index contributed by atoms with van der Waals surface area (Å²) in [7, 11) is 0. The lowest BCUT2D eigenvalue weighted by Crippen LogP contribution is -2.48. The van der Waals surface area contributed by atoms with Crippen LogP contribution in [0.1, 0.15) is 0 Å². The zero-order valence-electron chi connectivity index (χ0n) is 6.66. The summed E-state index contributed by atoms with van der Waals surface area (Å²) < 4.78 is 0. The third-order valence-electron chi connectivity index (χ3n) is 1.77. The second-order valence-electron chi connectivity index (χ2n) is 2.76. The molecule has 5 N–H and O–H groups in total. The highest BCUT2D eigenvalue weighted by molar-refractivity contribution is 5.81. The fourth-order valence-electron chi connectivity index (χ4n) is 1.20. The third-order valence-corrected chi connectivity index (χ3v) is 1.77. The summed E-state index contributed by atoms with van der Waals surface area (Å²) in [5, 5.41) is 1.71. The molecule has 1 heterocycles. The molecule has 5 nitrogen and oxygen atoms in total. The molecule has 12 heavy (non-hydrogen) atoms. The molecule has 0 radical (unpaired) electrons. The molecular weight excluding hydrogens is 156 g/mol. The molecule has 1 aliphatic rings. The maximum atomic E-state index is 10.8. The topological polar surface area (TPSA) is 84.4 Å². The van der Waals surface area contributed by atoms with E-state index in [-0.39, 0.29) is 6.04 Å². The number of nitrogens with one attached hydrogen (secondary N) is 1. The van der Waals surface area contributed by atoms with Crippen molar-refractivity contribution in [1.29, 1.82) is 0 Å². The van der Waals surface area contributed by atoms with Gasteiger partial charge in [-0.15, -0.1) is 6.42 Å². The SMILES string of the molecule is C#CCN1CC(N)C(C(N)=O)N1. The van der Waals surface area contributed by atoms with E-state index in [4.69, 9.17) is 17.9 Å². The molecule has 0 aromatic rings. The van der Waals surface area contributed by atoms with Crippen molar-refractivity contribution in [2.24, 2.45) is 11.5 Å². The molecule has 2 unspecified atom stereocenters. The molecular formula is C7H12N4O.